The fourth-order valence-electron chi connectivity index (χ4n) is 1.80. The number of carbonyl (C=O) groups excluding carboxylic acids is 1. The molecule has 21 heavy (non-hydrogen) atoms. The number of anilines is 1. The molecular formula is C15H16N4O2. The van der Waals surface area contributed by atoms with E-state index in [1.165, 1.54) is 17.3 Å². The predicted molar refractivity (Wildman–Crippen MR) is 78.5 cm³/mol. The number of hydrogen-bond acceptors (Lipinski definition) is 4. The Morgan fingerprint density at radius 1 is 1.52 bits per heavy atom. The minimum absolute atomic E-state index is 0.172. The summed E-state index contributed by atoms with van der Waals surface area (Å²) in [5.41, 5.74) is 2.45. The monoisotopic (exact) mass is 284 g/mol. The summed E-state index contributed by atoms with van der Waals surface area (Å²) in [5.74, 6) is 5.28. The summed E-state index contributed by atoms with van der Waals surface area (Å²) >= 11 is 0. The maximum absolute atomic E-state index is 12.1. The van der Waals surface area contributed by atoms with Crippen LogP contribution >= 0.6 is 0 Å². The Labute approximate surface area is 122 Å². The average molecular weight is 284 g/mol. The lowest BCUT2D eigenvalue weighted by Gasteiger charge is -2.12. The molecule has 6 nitrogen and oxygen atoms in total. The molecule has 0 saturated carbocycles. The lowest BCUT2D eigenvalue weighted by molar-refractivity contribution is -0.119. The zero-order valence-electron chi connectivity index (χ0n) is 11.9. The zero-order valence-corrected chi connectivity index (χ0v) is 11.9. The van der Waals surface area contributed by atoms with Crippen LogP contribution in [0, 0.1) is 18.8 Å². The summed E-state index contributed by atoms with van der Waals surface area (Å²) in [6.45, 7) is 3.48. The van der Waals surface area contributed by atoms with Crippen molar-refractivity contribution in [3.05, 3.63) is 42.0 Å². The van der Waals surface area contributed by atoms with Crippen LogP contribution < -0.4 is 5.32 Å². The first-order valence-electron chi connectivity index (χ1n) is 6.47. The molecule has 0 fully saturated rings. The minimum atomic E-state index is -0.443. The van der Waals surface area contributed by atoms with Gasteiger partial charge in [-0.25, -0.2) is 9.67 Å². The fraction of sp³-hybridized carbons (Fsp3) is 0.267. The van der Waals surface area contributed by atoms with Crippen LogP contribution in [0.2, 0.25) is 0 Å². The highest BCUT2D eigenvalue weighted by Crippen LogP contribution is 2.16. The van der Waals surface area contributed by atoms with Crippen LogP contribution in [0.25, 0.3) is 0 Å². The number of aromatic nitrogens is 3. The number of aliphatic hydroxyl groups excluding tert-OH is 1. The van der Waals surface area contributed by atoms with Crippen molar-refractivity contribution >= 4 is 11.6 Å². The number of aryl methyl sites for hydroxylation is 1. The van der Waals surface area contributed by atoms with Gasteiger partial charge >= 0.3 is 0 Å². The van der Waals surface area contributed by atoms with Crippen molar-refractivity contribution in [3.63, 3.8) is 0 Å². The van der Waals surface area contributed by atoms with Crippen molar-refractivity contribution in [1.82, 2.24) is 14.8 Å². The van der Waals surface area contributed by atoms with Gasteiger partial charge < -0.3 is 10.4 Å². The highest BCUT2D eigenvalue weighted by molar-refractivity contribution is 5.93. The third-order valence-corrected chi connectivity index (χ3v) is 3.01. The highest BCUT2D eigenvalue weighted by Gasteiger charge is 2.15. The molecule has 0 aliphatic rings. The Bertz CT molecular complexity index is 683. The Hall–Kier alpha value is -2.65. The molecule has 2 aromatic rings. The van der Waals surface area contributed by atoms with E-state index in [0.717, 1.165) is 11.1 Å². The van der Waals surface area contributed by atoms with Crippen LogP contribution in [0.4, 0.5) is 5.69 Å². The molecule has 2 rings (SSSR count). The quantitative estimate of drug-likeness (QED) is 0.828. The normalized spacial score (nSPS) is 11.4. The van der Waals surface area contributed by atoms with E-state index in [-0.39, 0.29) is 12.5 Å². The fourth-order valence-corrected chi connectivity index (χ4v) is 1.80. The van der Waals surface area contributed by atoms with Crippen molar-refractivity contribution in [2.24, 2.45) is 0 Å². The summed E-state index contributed by atoms with van der Waals surface area (Å²) in [6.07, 6.45) is 2.89. The molecule has 0 saturated heterocycles. The Kier molecular flexibility index (Phi) is 4.69. The molecule has 0 bridgehead atoms. The highest BCUT2D eigenvalue weighted by atomic mass is 16.2. The molecule has 1 heterocycles. The third kappa shape index (κ3) is 3.68. The van der Waals surface area contributed by atoms with Crippen LogP contribution in [0.3, 0.4) is 0 Å². The van der Waals surface area contributed by atoms with E-state index in [4.69, 9.17) is 5.11 Å². The first-order chi connectivity index (χ1) is 10.1. The molecule has 1 aromatic carbocycles. The SMILES string of the molecule is Cc1cc(NC(=O)C(C)n2cncn2)ccc1C#CCO. The number of aliphatic hydroxyl groups is 1. The zero-order chi connectivity index (χ0) is 15.2. The topological polar surface area (TPSA) is 80.0 Å². The number of rotatable bonds is 3. The van der Waals surface area contributed by atoms with E-state index < -0.39 is 6.04 Å². The second-order valence-electron chi connectivity index (χ2n) is 4.53. The standard InChI is InChI=1S/C15H16N4O2/c1-11-8-14(6-5-13(11)4-3-7-20)18-15(21)12(2)19-10-16-9-17-19/h5-6,8-10,12,20H,7H2,1-2H3,(H,18,21). The summed E-state index contributed by atoms with van der Waals surface area (Å²) in [6, 6.07) is 4.99. The van der Waals surface area contributed by atoms with E-state index in [1.807, 2.05) is 19.1 Å². The van der Waals surface area contributed by atoms with Crippen LogP contribution in [0.1, 0.15) is 24.1 Å². The molecule has 1 unspecified atom stereocenters. The van der Waals surface area contributed by atoms with E-state index in [0.29, 0.717) is 5.69 Å². The van der Waals surface area contributed by atoms with Crippen molar-refractivity contribution in [2.75, 3.05) is 11.9 Å². The van der Waals surface area contributed by atoms with Crippen molar-refractivity contribution in [1.29, 1.82) is 0 Å². The number of nitrogens with one attached hydrogen (secondary N) is 1. The van der Waals surface area contributed by atoms with Crippen LogP contribution in [0.15, 0.2) is 30.9 Å². The van der Waals surface area contributed by atoms with E-state index >= 15 is 0 Å². The lowest BCUT2D eigenvalue weighted by Crippen LogP contribution is -2.24. The van der Waals surface area contributed by atoms with Gasteiger partial charge in [-0.05, 0) is 37.6 Å². The number of benzene rings is 1. The summed E-state index contributed by atoms with van der Waals surface area (Å²) in [7, 11) is 0. The number of nitrogens with zero attached hydrogens (tertiary/aromatic N) is 3. The predicted octanol–water partition coefficient (Wildman–Crippen LogP) is 1.13. The molecule has 1 aromatic heterocycles. The summed E-state index contributed by atoms with van der Waals surface area (Å²) in [4.78, 5) is 15.9. The second kappa shape index (κ2) is 6.68. The van der Waals surface area contributed by atoms with Gasteiger partial charge in [0.1, 0.15) is 25.3 Å². The Morgan fingerprint density at radius 2 is 2.33 bits per heavy atom. The molecule has 2 N–H and O–H groups in total. The molecule has 0 aliphatic carbocycles. The Morgan fingerprint density at radius 3 is 2.95 bits per heavy atom. The molecule has 1 amide bonds. The summed E-state index contributed by atoms with van der Waals surface area (Å²) < 4.78 is 1.49. The third-order valence-electron chi connectivity index (χ3n) is 3.01. The molecule has 6 heteroatoms. The molecule has 0 spiro atoms. The Balaban J connectivity index is 2.09. The molecule has 0 aliphatic heterocycles. The first kappa shape index (κ1) is 14.8. The van der Waals surface area contributed by atoms with Crippen molar-refractivity contribution in [2.45, 2.75) is 19.9 Å². The maximum Gasteiger partial charge on any atom is 0.249 e. The molecule has 1 atom stereocenters. The van der Waals surface area contributed by atoms with Crippen LogP contribution in [-0.4, -0.2) is 32.4 Å². The molecule has 0 radical (unpaired) electrons. The van der Waals surface area contributed by atoms with E-state index in [9.17, 15) is 4.79 Å². The van der Waals surface area contributed by atoms with Crippen molar-refractivity contribution in [3.8, 4) is 11.8 Å². The smallest absolute Gasteiger partial charge is 0.249 e. The maximum atomic E-state index is 12.1. The van der Waals surface area contributed by atoms with Gasteiger partial charge in [0.2, 0.25) is 5.91 Å². The van der Waals surface area contributed by atoms with Gasteiger partial charge in [0.25, 0.3) is 0 Å². The van der Waals surface area contributed by atoms with Crippen molar-refractivity contribution < 1.29 is 9.90 Å². The van der Waals surface area contributed by atoms with Crippen LogP contribution in [-0.2, 0) is 4.79 Å². The first-order valence-corrected chi connectivity index (χ1v) is 6.47. The largest absolute Gasteiger partial charge is 0.384 e. The number of hydrogen-bond donors (Lipinski definition) is 2. The van der Waals surface area contributed by atoms with Gasteiger partial charge in [-0.1, -0.05) is 11.8 Å². The van der Waals surface area contributed by atoms with E-state index in [2.05, 4.69) is 27.2 Å². The average Bonchev–Trinajstić information content (AvgIpc) is 2.99. The van der Waals surface area contributed by atoms with Gasteiger partial charge in [0, 0.05) is 11.3 Å². The van der Waals surface area contributed by atoms with Gasteiger partial charge in [0.15, 0.2) is 0 Å². The van der Waals surface area contributed by atoms with Gasteiger partial charge in [-0.3, -0.25) is 4.79 Å². The number of amides is 1. The number of carbonyl (C=O) groups is 1. The van der Waals surface area contributed by atoms with Crippen LogP contribution in [0.5, 0.6) is 0 Å². The van der Waals surface area contributed by atoms with Gasteiger partial charge in [-0.15, -0.1) is 0 Å². The molecular weight excluding hydrogens is 268 g/mol. The second-order valence-corrected chi connectivity index (χ2v) is 4.53. The van der Waals surface area contributed by atoms with Gasteiger partial charge in [0.05, 0.1) is 0 Å². The van der Waals surface area contributed by atoms with Gasteiger partial charge in [-0.2, -0.15) is 5.10 Å². The minimum Gasteiger partial charge on any atom is -0.384 e. The van der Waals surface area contributed by atoms with E-state index in [1.54, 1.807) is 13.0 Å². The lowest BCUT2D eigenvalue weighted by atomic mass is 10.1. The summed E-state index contributed by atoms with van der Waals surface area (Å²) in [5, 5.41) is 15.5. The molecule has 108 valence electrons.